The van der Waals surface area contributed by atoms with Gasteiger partial charge in [-0.2, -0.15) is 5.26 Å². The molecule has 2 aromatic carbocycles. The first-order valence-electron chi connectivity index (χ1n) is 6.50. The Balaban J connectivity index is 2.09. The lowest BCUT2D eigenvalue weighted by molar-refractivity contribution is 0.292. The Labute approximate surface area is 118 Å². The van der Waals surface area contributed by atoms with E-state index in [1.54, 1.807) is 13.0 Å². The monoisotopic (exact) mass is 269 g/mol. The first-order valence-corrected chi connectivity index (χ1v) is 6.50. The molecule has 0 saturated carbocycles. The van der Waals surface area contributed by atoms with Crippen LogP contribution in [0.3, 0.4) is 0 Å². The van der Waals surface area contributed by atoms with Gasteiger partial charge in [-0.05, 0) is 24.6 Å². The van der Waals surface area contributed by atoms with E-state index in [4.69, 9.17) is 10.00 Å². The lowest BCUT2D eigenvalue weighted by Crippen LogP contribution is -2.08. The van der Waals surface area contributed by atoms with Crippen LogP contribution in [0.5, 0.6) is 5.75 Å². The van der Waals surface area contributed by atoms with E-state index < -0.39 is 5.82 Å². The summed E-state index contributed by atoms with van der Waals surface area (Å²) in [6.07, 6.45) is 0. The highest BCUT2D eigenvalue weighted by molar-refractivity contribution is 5.43. The molecular formula is C17H16FNO. The molecule has 0 aliphatic carbocycles. The average Bonchev–Trinajstić information content (AvgIpc) is 2.49. The molecule has 0 spiro atoms. The second-order valence-electron chi connectivity index (χ2n) is 4.78. The van der Waals surface area contributed by atoms with E-state index in [0.717, 1.165) is 0 Å². The smallest absolute Gasteiger partial charge is 0.147 e. The largest absolute Gasteiger partial charge is 0.493 e. The van der Waals surface area contributed by atoms with Gasteiger partial charge in [0.05, 0.1) is 12.2 Å². The lowest BCUT2D eigenvalue weighted by Gasteiger charge is -2.15. The number of rotatable bonds is 4. The molecule has 0 radical (unpaired) electrons. The van der Waals surface area contributed by atoms with Crippen molar-refractivity contribution in [3.63, 3.8) is 0 Å². The minimum atomic E-state index is -0.502. The Bertz CT molecular complexity index is 631. The molecule has 0 saturated heterocycles. The topological polar surface area (TPSA) is 33.0 Å². The molecule has 0 aliphatic rings. The summed E-state index contributed by atoms with van der Waals surface area (Å²) in [4.78, 5) is 0. The van der Waals surface area contributed by atoms with E-state index >= 15 is 0 Å². The maximum absolute atomic E-state index is 13.8. The zero-order chi connectivity index (χ0) is 14.5. The fraction of sp³-hybridized carbons (Fsp3) is 0.235. The lowest BCUT2D eigenvalue weighted by atomic mass is 10.0. The number of benzene rings is 2. The molecule has 0 heterocycles. The standard InChI is InChI=1S/C17H16FNO/c1-12(14-6-4-3-5-7-14)11-20-16-9-8-15(10-19)17(18)13(16)2/h3-9,12H,11H2,1-2H3. The highest BCUT2D eigenvalue weighted by Crippen LogP contribution is 2.25. The van der Waals surface area contributed by atoms with Crippen LogP contribution in [0, 0.1) is 24.1 Å². The molecule has 102 valence electrons. The van der Waals surface area contributed by atoms with Crippen LogP contribution in [-0.4, -0.2) is 6.61 Å². The van der Waals surface area contributed by atoms with Gasteiger partial charge in [-0.1, -0.05) is 37.3 Å². The van der Waals surface area contributed by atoms with Gasteiger partial charge in [0.15, 0.2) is 0 Å². The molecule has 2 rings (SSSR count). The first kappa shape index (κ1) is 14.1. The van der Waals surface area contributed by atoms with Crippen LogP contribution < -0.4 is 4.74 Å². The summed E-state index contributed by atoms with van der Waals surface area (Å²) >= 11 is 0. The molecule has 20 heavy (non-hydrogen) atoms. The molecule has 0 N–H and O–H groups in total. The summed E-state index contributed by atoms with van der Waals surface area (Å²) in [5.41, 5.74) is 1.61. The Morgan fingerprint density at radius 1 is 1.20 bits per heavy atom. The van der Waals surface area contributed by atoms with Gasteiger partial charge in [-0.25, -0.2) is 4.39 Å². The molecule has 2 aromatic rings. The van der Waals surface area contributed by atoms with Crippen LogP contribution >= 0.6 is 0 Å². The van der Waals surface area contributed by atoms with Crippen molar-refractivity contribution >= 4 is 0 Å². The van der Waals surface area contributed by atoms with Crippen molar-refractivity contribution in [3.05, 3.63) is 65.0 Å². The SMILES string of the molecule is Cc1c(OCC(C)c2ccccc2)ccc(C#N)c1F. The molecule has 3 heteroatoms. The van der Waals surface area contributed by atoms with Crippen LogP contribution in [-0.2, 0) is 0 Å². The van der Waals surface area contributed by atoms with Gasteiger partial charge in [0, 0.05) is 11.5 Å². The van der Waals surface area contributed by atoms with Gasteiger partial charge in [0.25, 0.3) is 0 Å². The van der Waals surface area contributed by atoms with Crippen LogP contribution in [0.2, 0.25) is 0 Å². The van der Waals surface area contributed by atoms with Gasteiger partial charge in [0.2, 0.25) is 0 Å². The third kappa shape index (κ3) is 2.97. The van der Waals surface area contributed by atoms with Crippen molar-refractivity contribution in [2.24, 2.45) is 0 Å². The van der Waals surface area contributed by atoms with E-state index in [1.807, 2.05) is 36.4 Å². The molecule has 0 aromatic heterocycles. The number of nitriles is 1. The van der Waals surface area contributed by atoms with Crippen molar-refractivity contribution in [2.75, 3.05) is 6.61 Å². The Hall–Kier alpha value is -2.34. The molecule has 1 unspecified atom stereocenters. The molecule has 1 atom stereocenters. The Morgan fingerprint density at radius 3 is 2.55 bits per heavy atom. The molecule has 0 fully saturated rings. The Morgan fingerprint density at radius 2 is 1.90 bits per heavy atom. The number of nitrogens with zero attached hydrogens (tertiary/aromatic N) is 1. The van der Waals surface area contributed by atoms with E-state index in [1.165, 1.54) is 11.6 Å². The maximum Gasteiger partial charge on any atom is 0.147 e. The number of halogens is 1. The van der Waals surface area contributed by atoms with E-state index in [9.17, 15) is 4.39 Å². The second kappa shape index (κ2) is 6.21. The van der Waals surface area contributed by atoms with Crippen molar-refractivity contribution in [2.45, 2.75) is 19.8 Å². The summed E-state index contributed by atoms with van der Waals surface area (Å²) in [7, 11) is 0. The second-order valence-corrected chi connectivity index (χ2v) is 4.78. The van der Waals surface area contributed by atoms with Crippen molar-refractivity contribution in [1.82, 2.24) is 0 Å². The minimum Gasteiger partial charge on any atom is -0.493 e. The quantitative estimate of drug-likeness (QED) is 0.833. The Kier molecular flexibility index (Phi) is 4.37. The highest BCUT2D eigenvalue weighted by Gasteiger charge is 2.12. The van der Waals surface area contributed by atoms with Gasteiger partial charge in [0.1, 0.15) is 17.6 Å². The maximum atomic E-state index is 13.8. The van der Waals surface area contributed by atoms with Gasteiger partial charge >= 0.3 is 0 Å². The van der Waals surface area contributed by atoms with Gasteiger partial charge in [-0.3, -0.25) is 0 Å². The van der Waals surface area contributed by atoms with E-state index in [0.29, 0.717) is 17.9 Å². The summed E-state index contributed by atoms with van der Waals surface area (Å²) in [6.45, 7) is 4.15. The number of ether oxygens (including phenoxy) is 1. The molecule has 0 bridgehead atoms. The van der Waals surface area contributed by atoms with Crippen LogP contribution in [0.4, 0.5) is 4.39 Å². The predicted molar refractivity (Wildman–Crippen MR) is 76.2 cm³/mol. The summed E-state index contributed by atoms with van der Waals surface area (Å²) in [6, 6.07) is 14.9. The average molecular weight is 269 g/mol. The van der Waals surface area contributed by atoms with Crippen LogP contribution in [0.15, 0.2) is 42.5 Å². The zero-order valence-electron chi connectivity index (χ0n) is 11.6. The number of hydrogen-bond acceptors (Lipinski definition) is 2. The summed E-state index contributed by atoms with van der Waals surface area (Å²) < 4.78 is 19.5. The molecular weight excluding hydrogens is 253 g/mol. The van der Waals surface area contributed by atoms with Crippen molar-refractivity contribution in [3.8, 4) is 11.8 Å². The summed E-state index contributed by atoms with van der Waals surface area (Å²) in [5.74, 6) is 0.205. The van der Waals surface area contributed by atoms with Crippen molar-refractivity contribution in [1.29, 1.82) is 5.26 Å². The summed E-state index contributed by atoms with van der Waals surface area (Å²) in [5, 5.41) is 8.77. The third-order valence-corrected chi connectivity index (χ3v) is 3.31. The third-order valence-electron chi connectivity index (χ3n) is 3.31. The number of hydrogen-bond donors (Lipinski definition) is 0. The van der Waals surface area contributed by atoms with Crippen molar-refractivity contribution < 1.29 is 9.13 Å². The fourth-order valence-corrected chi connectivity index (χ4v) is 2.00. The van der Waals surface area contributed by atoms with Crippen LogP contribution in [0.1, 0.15) is 29.5 Å². The molecule has 0 aliphatic heterocycles. The minimum absolute atomic E-state index is 0.0472. The normalized spacial score (nSPS) is 11.7. The highest BCUT2D eigenvalue weighted by atomic mass is 19.1. The molecule has 2 nitrogen and oxygen atoms in total. The van der Waals surface area contributed by atoms with Gasteiger partial charge in [-0.15, -0.1) is 0 Å². The predicted octanol–water partition coefficient (Wildman–Crippen LogP) is 4.19. The first-order chi connectivity index (χ1) is 9.63. The van der Waals surface area contributed by atoms with Crippen LogP contribution in [0.25, 0.3) is 0 Å². The van der Waals surface area contributed by atoms with E-state index in [2.05, 4.69) is 6.92 Å². The van der Waals surface area contributed by atoms with E-state index in [-0.39, 0.29) is 11.5 Å². The molecule has 0 amide bonds. The fourth-order valence-electron chi connectivity index (χ4n) is 2.00. The van der Waals surface area contributed by atoms with Gasteiger partial charge < -0.3 is 4.74 Å². The zero-order valence-corrected chi connectivity index (χ0v) is 11.6.